The van der Waals surface area contributed by atoms with Crippen LogP contribution in [0.15, 0.2) is 73.1 Å². The zero-order valence-electron chi connectivity index (χ0n) is 19.7. The molecule has 1 atom stereocenters. The average Bonchev–Trinajstić information content (AvgIpc) is 3.51. The number of para-hydroxylation sites is 2. The van der Waals surface area contributed by atoms with E-state index in [9.17, 15) is 9.59 Å². The zero-order valence-corrected chi connectivity index (χ0v) is 19.7. The van der Waals surface area contributed by atoms with Gasteiger partial charge in [0.25, 0.3) is 0 Å². The van der Waals surface area contributed by atoms with Gasteiger partial charge in [-0.2, -0.15) is 0 Å². The van der Waals surface area contributed by atoms with Crippen molar-refractivity contribution in [2.75, 3.05) is 24.7 Å². The van der Waals surface area contributed by atoms with Crippen molar-refractivity contribution < 1.29 is 19.1 Å². The average molecular weight is 483 g/mol. The summed E-state index contributed by atoms with van der Waals surface area (Å²) in [6, 6.07) is 21.7. The lowest BCUT2D eigenvalue weighted by atomic mass is 10.1. The Morgan fingerprint density at radius 3 is 2.61 bits per heavy atom. The van der Waals surface area contributed by atoms with Crippen LogP contribution in [0.1, 0.15) is 17.5 Å². The summed E-state index contributed by atoms with van der Waals surface area (Å²) in [5.74, 6) is 0.736. The number of rotatable bonds is 6. The zero-order chi connectivity index (χ0) is 24.5. The van der Waals surface area contributed by atoms with Crippen molar-refractivity contribution in [3.05, 3.63) is 84.2 Å². The van der Waals surface area contributed by atoms with Crippen LogP contribution in [-0.4, -0.2) is 41.1 Å². The number of fused-ring (bicyclic) bond motifs is 2. The third-order valence-electron chi connectivity index (χ3n) is 6.70. The molecule has 1 aromatic heterocycles. The highest BCUT2D eigenvalue weighted by Gasteiger charge is 2.35. The molecule has 8 heteroatoms. The number of ether oxygens (including phenoxy) is 2. The highest BCUT2D eigenvalue weighted by Crippen LogP contribution is 2.36. The number of carbonyl (C=O) groups excluding carboxylic acids is 2. The van der Waals surface area contributed by atoms with Crippen LogP contribution in [0.5, 0.6) is 11.5 Å². The van der Waals surface area contributed by atoms with E-state index in [4.69, 9.17) is 9.47 Å². The molecular formula is C28H26N4O4. The van der Waals surface area contributed by atoms with Gasteiger partial charge in [-0.25, -0.2) is 4.98 Å². The minimum absolute atomic E-state index is 0.0665. The fourth-order valence-corrected chi connectivity index (χ4v) is 4.76. The minimum atomic E-state index is -0.389. The van der Waals surface area contributed by atoms with Gasteiger partial charge in [0.2, 0.25) is 11.8 Å². The van der Waals surface area contributed by atoms with E-state index in [1.54, 1.807) is 11.0 Å². The Bertz CT molecular complexity index is 1430. The Morgan fingerprint density at radius 2 is 1.75 bits per heavy atom. The molecule has 8 nitrogen and oxygen atoms in total. The van der Waals surface area contributed by atoms with E-state index in [1.807, 2.05) is 48.8 Å². The molecule has 0 bridgehead atoms. The van der Waals surface area contributed by atoms with Crippen molar-refractivity contribution in [1.82, 2.24) is 14.9 Å². The van der Waals surface area contributed by atoms with Gasteiger partial charge in [-0.15, -0.1) is 0 Å². The number of benzene rings is 3. The van der Waals surface area contributed by atoms with E-state index in [0.29, 0.717) is 37.8 Å². The predicted molar refractivity (Wildman–Crippen MR) is 135 cm³/mol. The molecule has 36 heavy (non-hydrogen) atoms. The molecule has 0 radical (unpaired) electrons. The summed E-state index contributed by atoms with van der Waals surface area (Å²) < 4.78 is 13.3. The first kappa shape index (κ1) is 22.2. The van der Waals surface area contributed by atoms with Crippen molar-refractivity contribution in [3.8, 4) is 11.5 Å². The second-order valence-corrected chi connectivity index (χ2v) is 9.13. The van der Waals surface area contributed by atoms with Crippen LogP contribution in [0.2, 0.25) is 0 Å². The van der Waals surface area contributed by atoms with E-state index in [-0.39, 0.29) is 24.2 Å². The van der Waals surface area contributed by atoms with Crippen LogP contribution in [0.3, 0.4) is 0 Å². The van der Waals surface area contributed by atoms with Gasteiger partial charge in [0, 0.05) is 37.8 Å². The van der Waals surface area contributed by atoms with Crippen LogP contribution < -0.4 is 19.7 Å². The van der Waals surface area contributed by atoms with Crippen LogP contribution in [0.4, 0.5) is 5.69 Å². The van der Waals surface area contributed by atoms with Crippen molar-refractivity contribution in [1.29, 1.82) is 0 Å². The van der Waals surface area contributed by atoms with Crippen LogP contribution in [-0.2, 0) is 22.7 Å². The monoisotopic (exact) mass is 482 g/mol. The molecule has 6 rings (SSSR count). The molecule has 182 valence electrons. The van der Waals surface area contributed by atoms with E-state index in [1.165, 1.54) is 0 Å². The summed E-state index contributed by atoms with van der Waals surface area (Å²) in [6.07, 6.45) is 2.05. The molecule has 1 N–H and O–H groups in total. The number of aromatic nitrogens is 2. The molecule has 0 saturated carbocycles. The Hall–Kier alpha value is -4.33. The quantitative estimate of drug-likeness (QED) is 0.455. The number of hydrogen-bond donors (Lipinski definition) is 1. The smallest absolute Gasteiger partial charge is 0.227 e. The summed E-state index contributed by atoms with van der Waals surface area (Å²) in [5.41, 5.74) is 4.97. The van der Waals surface area contributed by atoms with Gasteiger partial charge in [-0.05, 0) is 35.4 Å². The van der Waals surface area contributed by atoms with Gasteiger partial charge in [-0.1, -0.05) is 36.4 Å². The topological polar surface area (TPSA) is 85.7 Å². The third kappa shape index (κ3) is 4.37. The second kappa shape index (κ2) is 9.37. The Balaban J connectivity index is 1.05. The molecule has 0 spiro atoms. The molecule has 3 aromatic carbocycles. The maximum absolute atomic E-state index is 12.8. The number of hydrogen-bond acceptors (Lipinski definition) is 5. The van der Waals surface area contributed by atoms with Crippen LogP contribution in [0, 0.1) is 5.92 Å². The largest absolute Gasteiger partial charge is 0.486 e. The highest BCUT2D eigenvalue weighted by atomic mass is 16.6. The molecule has 1 fully saturated rings. The molecule has 4 aromatic rings. The van der Waals surface area contributed by atoms with Gasteiger partial charge in [-0.3, -0.25) is 9.59 Å². The number of imidazole rings is 1. The predicted octanol–water partition coefficient (Wildman–Crippen LogP) is 3.53. The summed E-state index contributed by atoms with van der Waals surface area (Å²) in [4.78, 5) is 31.6. The lowest BCUT2D eigenvalue weighted by Crippen LogP contribution is -2.32. The Morgan fingerprint density at radius 1 is 0.972 bits per heavy atom. The van der Waals surface area contributed by atoms with Gasteiger partial charge in [0.05, 0.1) is 23.3 Å². The van der Waals surface area contributed by atoms with Crippen molar-refractivity contribution in [2.24, 2.45) is 5.92 Å². The van der Waals surface area contributed by atoms with Gasteiger partial charge in [0.1, 0.15) is 13.2 Å². The van der Waals surface area contributed by atoms with E-state index >= 15 is 0 Å². The summed E-state index contributed by atoms with van der Waals surface area (Å²) in [7, 11) is 0. The Labute approximate surface area is 208 Å². The van der Waals surface area contributed by atoms with Gasteiger partial charge < -0.3 is 24.3 Å². The number of nitrogens with one attached hydrogen (secondary N) is 1. The number of nitrogens with zero attached hydrogens (tertiary/aromatic N) is 3. The lowest BCUT2D eigenvalue weighted by Gasteiger charge is -2.22. The summed E-state index contributed by atoms with van der Waals surface area (Å²) >= 11 is 0. The van der Waals surface area contributed by atoms with E-state index < -0.39 is 0 Å². The molecule has 2 aliphatic rings. The molecule has 0 aliphatic carbocycles. The van der Waals surface area contributed by atoms with Crippen molar-refractivity contribution in [3.63, 3.8) is 0 Å². The maximum atomic E-state index is 12.8. The standard InChI is InChI=1S/C28H26N4O4/c33-27-13-21(17-32(27)22-9-10-25-26(14-22)36-12-11-35-25)28(34)29-15-19-5-7-20(8-6-19)16-31-18-30-23-3-1-2-4-24(23)31/h1-10,14,18,21H,11-13,15-17H2,(H,29,34). The van der Waals surface area contributed by atoms with Crippen LogP contribution >= 0.6 is 0 Å². The number of anilines is 1. The first-order valence-electron chi connectivity index (χ1n) is 12.1. The first-order chi connectivity index (χ1) is 17.6. The van der Waals surface area contributed by atoms with Crippen LogP contribution in [0.25, 0.3) is 11.0 Å². The molecule has 2 amide bonds. The van der Waals surface area contributed by atoms with E-state index in [2.05, 4.69) is 33.1 Å². The van der Waals surface area contributed by atoms with Gasteiger partial charge >= 0.3 is 0 Å². The molecule has 2 aliphatic heterocycles. The molecule has 1 saturated heterocycles. The van der Waals surface area contributed by atoms with Gasteiger partial charge in [0.15, 0.2) is 11.5 Å². The fourth-order valence-electron chi connectivity index (χ4n) is 4.76. The fraction of sp³-hybridized carbons (Fsp3) is 0.250. The normalized spacial score (nSPS) is 16.9. The molecule has 1 unspecified atom stereocenters. The number of carbonyl (C=O) groups is 2. The van der Waals surface area contributed by atoms with E-state index in [0.717, 1.165) is 34.4 Å². The van der Waals surface area contributed by atoms with Crippen molar-refractivity contribution in [2.45, 2.75) is 19.5 Å². The second-order valence-electron chi connectivity index (χ2n) is 9.13. The minimum Gasteiger partial charge on any atom is -0.486 e. The molecule has 3 heterocycles. The molecular weight excluding hydrogens is 456 g/mol. The first-order valence-corrected chi connectivity index (χ1v) is 12.1. The Kier molecular flexibility index (Phi) is 5.77. The lowest BCUT2D eigenvalue weighted by molar-refractivity contribution is -0.126. The van der Waals surface area contributed by atoms with Crippen molar-refractivity contribution >= 4 is 28.5 Å². The maximum Gasteiger partial charge on any atom is 0.227 e. The highest BCUT2D eigenvalue weighted by molar-refractivity contribution is 6.00. The third-order valence-corrected chi connectivity index (χ3v) is 6.70. The summed E-state index contributed by atoms with van der Waals surface area (Å²) in [6.45, 7) is 2.50. The SMILES string of the molecule is O=C(NCc1ccc(Cn2cnc3ccccc32)cc1)C1CC(=O)N(c2ccc3c(c2)OCCO3)C1. The summed E-state index contributed by atoms with van der Waals surface area (Å²) in [5, 5.41) is 2.99. The number of amides is 2.